The molecule has 3 atom stereocenters. The Morgan fingerprint density at radius 1 is 1.36 bits per heavy atom. The number of aliphatic carboxylic acids is 1. The number of nitrogens with zero attached hydrogens (tertiary/aromatic N) is 1. The van der Waals surface area contributed by atoms with Crippen molar-refractivity contribution in [2.75, 3.05) is 6.54 Å². The molecular weight excluding hydrogens is 318 g/mol. The van der Waals surface area contributed by atoms with Gasteiger partial charge in [-0.05, 0) is 32.1 Å². The molecule has 1 aliphatic rings. The van der Waals surface area contributed by atoms with Crippen molar-refractivity contribution in [1.82, 2.24) is 4.90 Å². The van der Waals surface area contributed by atoms with Crippen LogP contribution in [0.4, 0.5) is 0 Å². The van der Waals surface area contributed by atoms with Crippen LogP contribution in [0.25, 0.3) is 0 Å². The lowest BCUT2D eigenvalue weighted by molar-refractivity contribution is -0.137. The van der Waals surface area contributed by atoms with E-state index < -0.39 is 12.1 Å². The van der Waals surface area contributed by atoms with Crippen molar-refractivity contribution in [3.63, 3.8) is 0 Å². The van der Waals surface area contributed by atoms with Gasteiger partial charge in [0.25, 0.3) is 0 Å². The van der Waals surface area contributed by atoms with Gasteiger partial charge in [0.1, 0.15) is 0 Å². The first-order valence-electron chi connectivity index (χ1n) is 9.23. The highest BCUT2D eigenvalue weighted by atomic mass is 16.4. The summed E-state index contributed by atoms with van der Waals surface area (Å²) < 4.78 is 0. The highest BCUT2D eigenvalue weighted by Crippen LogP contribution is 2.21. The molecule has 5 heteroatoms. The zero-order valence-electron chi connectivity index (χ0n) is 15.4. The Balaban J connectivity index is 2.39. The van der Waals surface area contributed by atoms with Crippen LogP contribution < -0.4 is 0 Å². The largest absolute Gasteiger partial charge is 0.481 e. The lowest BCUT2D eigenvalue weighted by atomic mass is 10.00. The third kappa shape index (κ3) is 8.22. The first kappa shape index (κ1) is 21.2. The Bertz CT molecular complexity index is 518. The van der Waals surface area contributed by atoms with E-state index in [0.717, 1.165) is 25.7 Å². The highest BCUT2D eigenvalue weighted by Gasteiger charge is 2.28. The van der Waals surface area contributed by atoms with Crippen LogP contribution in [0.2, 0.25) is 0 Å². The van der Waals surface area contributed by atoms with Gasteiger partial charge < -0.3 is 15.1 Å². The van der Waals surface area contributed by atoms with Gasteiger partial charge in [-0.25, -0.2) is 0 Å². The number of carbonyl (C=O) groups is 2. The number of carboxylic acid groups (broad SMARTS) is 1. The molecule has 1 aliphatic heterocycles. The van der Waals surface area contributed by atoms with Gasteiger partial charge in [-0.2, -0.15) is 0 Å². The van der Waals surface area contributed by atoms with E-state index in [9.17, 15) is 14.7 Å². The Morgan fingerprint density at radius 3 is 2.76 bits per heavy atom. The number of unbranched alkanes of at least 4 members (excludes halogenated alkanes) is 3. The summed E-state index contributed by atoms with van der Waals surface area (Å²) in [5.41, 5.74) is 0. The number of hydrogen-bond donors (Lipinski definition) is 2. The Hall–Kier alpha value is -1.80. The molecule has 1 amide bonds. The van der Waals surface area contributed by atoms with Gasteiger partial charge >= 0.3 is 5.97 Å². The molecule has 1 rings (SSSR count). The van der Waals surface area contributed by atoms with Crippen molar-refractivity contribution < 1.29 is 19.8 Å². The van der Waals surface area contributed by atoms with Crippen LogP contribution in [-0.4, -0.2) is 45.7 Å². The molecule has 0 saturated carbocycles. The lowest BCUT2D eigenvalue weighted by Gasteiger charge is -2.23. The molecule has 0 spiro atoms. The predicted octanol–water partition coefficient (Wildman–Crippen LogP) is 2.98. The second-order valence-corrected chi connectivity index (χ2v) is 6.73. The van der Waals surface area contributed by atoms with Crippen molar-refractivity contribution in [2.45, 2.75) is 77.4 Å². The molecule has 0 aromatic carbocycles. The van der Waals surface area contributed by atoms with E-state index in [1.54, 1.807) is 13.0 Å². The van der Waals surface area contributed by atoms with E-state index in [4.69, 9.17) is 5.11 Å². The fourth-order valence-corrected chi connectivity index (χ4v) is 2.97. The molecule has 1 heterocycles. The minimum atomic E-state index is -0.752. The zero-order chi connectivity index (χ0) is 18.7. The van der Waals surface area contributed by atoms with Crippen molar-refractivity contribution >= 4 is 11.9 Å². The molecule has 5 nitrogen and oxygen atoms in total. The molecule has 1 saturated heterocycles. The van der Waals surface area contributed by atoms with Crippen molar-refractivity contribution in [2.24, 2.45) is 5.92 Å². The molecule has 0 aromatic heterocycles. The van der Waals surface area contributed by atoms with Gasteiger partial charge in [-0.1, -0.05) is 31.9 Å². The monoisotopic (exact) mass is 349 g/mol. The Morgan fingerprint density at radius 2 is 2.08 bits per heavy atom. The van der Waals surface area contributed by atoms with Gasteiger partial charge in [-0.15, -0.1) is 11.8 Å². The number of likely N-dealkylation sites (tertiary alicyclic amines) is 1. The van der Waals surface area contributed by atoms with E-state index in [1.807, 2.05) is 17.9 Å². The summed E-state index contributed by atoms with van der Waals surface area (Å²) in [5, 5.41) is 18.8. The van der Waals surface area contributed by atoms with Gasteiger partial charge in [0.05, 0.1) is 12.1 Å². The average molecular weight is 349 g/mol. The molecule has 1 fully saturated rings. The Kier molecular flexibility index (Phi) is 9.94. The quantitative estimate of drug-likeness (QED) is 0.341. The SMILES string of the molecule is CC#CC[C@H](C)[C@H](O)C=CC1CCC(=O)N1CCCCCCC(=O)O. The van der Waals surface area contributed by atoms with Crippen LogP contribution in [0.5, 0.6) is 0 Å². The maximum absolute atomic E-state index is 12.0. The van der Waals surface area contributed by atoms with Gasteiger partial charge in [-0.3, -0.25) is 9.59 Å². The fraction of sp³-hybridized carbons (Fsp3) is 0.700. The second kappa shape index (κ2) is 11.7. The zero-order valence-corrected chi connectivity index (χ0v) is 15.4. The summed E-state index contributed by atoms with van der Waals surface area (Å²) in [6.07, 6.45) is 8.82. The van der Waals surface area contributed by atoms with Crippen LogP contribution in [0.15, 0.2) is 12.2 Å². The number of amides is 1. The topological polar surface area (TPSA) is 77.8 Å². The predicted molar refractivity (Wildman–Crippen MR) is 97.8 cm³/mol. The normalized spacial score (nSPS) is 19.7. The maximum atomic E-state index is 12.0. The summed E-state index contributed by atoms with van der Waals surface area (Å²) >= 11 is 0. The van der Waals surface area contributed by atoms with Crippen LogP contribution >= 0.6 is 0 Å². The number of aliphatic hydroxyl groups excluding tert-OH is 1. The second-order valence-electron chi connectivity index (χ2n) is 6.73. The summed E-state index contributed by atoms with van der Waals surface area (Å²) in [7, 11) is 0. The molecular formula is C20H31NO4. The number of rotatable bonds is 11. The van der Waals surface area contributed by atoms with E-state index in [2.05, 4.69) is 11.8 Å². The first-order valence-corrected chi connectivity index (χ1v) is 9.23. The summed E-state index contributed by atoms with van der Waals surface area (Å²) in [6, 6.07) is 0.0608. The number of carboxylic acids is 1. The number of hydrogen-bond acceptors (Lipinski definition) is 3. The molecule has 2 N–H and O–H groups in total. The average Bonchev–Trinajstić information content (AvgIpc) is 2.93. The smallest absolute Gasteiger partial charge is 0.303 e. The maximum Gasteiger partial charge on any atom is 0.303 e. The van der Waals surface area contributed by atoms with Crippen LogP contribution in [0.3, 0.4) is 0 Å². The third-order valence-corrected chi connectivity index (χ3v) is 4.63. The highest BCUT2D eigenvalue weighted by molar-refractivity contribution is 5.79. The van der Waals surface area contributed by atoms with E-state index in [0.29, 0.717) is 25.8 Å². The molecule has 0 aromatic rings. The lowest BCUT2D eigenvalue weighted by Crippen LogP contribution is -2.33. The van der Waals surface area contributed by atoms with Crippen molar-refractivity contribution in [3.8, 4) is 11.8 Å². The third-order valence-electron chi connectivity index (χ3n) is 4.63. The Labute approximate surface area is 151 Å². The molecule has 0 bridgehead atoms. The summed E-state index contributed by atoms with van der Waals surface area (Å²) in [4.78, 5) is 24.4. The van der Waals surface area contributed by atoms with E-state index in [-0.39, 0.29) is 24.3 Å². The van der Waals surface area contributed by atoms with E-state index in [1.165, 1.54) is 0 Å². The van der Waals surface area contributed by atoms with E-state index >= 15 is 0 Å². The molecule has 25 heavy (non-hydrogen) atoms. The van der Waals surface area contributed by atoms with Crippen LogP contribution in [0, 0.1) is 17.8 Å². The van der Waals surface area contributed by atoms with Gasteiger partial charge in [0, 0.05) is 25.8 Å². The summed E-state index contributed by atoms with van der Waals surface area (Å²) in [5.74, 6) is 5.30. The molecule has 0 aliphatic carbocycles. The minimum absolute atomic E-state index is 0.0608. The standard InChI is InChI=1S/C20H31NO4/c1-3-4-9-16(2)18(22)13-11-17-12-14-19(23)21(17)15-8-6-5-7-10-20(24)25/h11,13,16-18,22H,5-10,12,14-15H2,1-2H3,(H,24,25)/t16-,17?,18+/m0/s1. The first-order chi connectivity index (χ1) is 12.0. The van der Waals surface area contributed by atoms with Crippen LogP contribution in [0.1, 0.15) is 65.2 Å². The van der Waals surface area contributed by atoms with Crippen molar-refractivity contribution in [3.05, 3.63) is 12.2 Å². The fourth-order valence-electron chi connectivity index (χ4n) is 2.97. The van der Waals surface area contributed by atoms with Crippen molar-refractivity contribution in [1.29, 1.82) is 0 Å². The summed E-state index contributed by atoms with van der Waals surface area (Å²) in [6.45, 7) is 4.46. The minimum Gasteiger partial charge on any atom is -0.481 e. The van der Waals surface area contributed by atoms with Gasteiger partial charge in [0.15, 0.2) is 0 Å². The molecule has 1 unspecified atom stereocenters. The number of carbonyl (C=O) groups excluding carboxylic acids is 1. The number of aliphatic hydroxyl groups is 1. The van der Waals surface area contributed by atoms with Gasteiger partial charge in [0.2, 0.25) is 5.91 Å². The van der Waals surface area contributed by atoms with Crippen LogP contribution in [-0.2, 0) is 9.59 Å². The molecule has 0 radical (unpaired) electrons. The molecule has 140 valence electrons.